The number of nitrogens with zero attached hydrogens (tertiary/aromatic N) is 1. The fraction of sp³-hybridized carbons (Fsp3) is 0.385. The van der Waals surface area contributed by atoms with Crippen molar-refractivity contribution < 1.29 is 9.53 Å². The molecule has 0 atom stereocenters. The third-order valence-electron chi connectivity index (χ3n) is 3.27. The van der Waals surface area contributed by atoms with Gasteiger partial charge >= 0.3 is 0 Å². The highest BCUT2D eigenvalue weighted by atomic mass is 32.1. The highest BCUT2D eigenvalue weighted by molar-refractivity contribution is 7.21. The summed E-state index contributed by atoms with van der Waals surface area (Å²) in [6, 6.07) is 3.89. The summed E-state index contributed by atoms with van der Waals surface area (Å²) in [4.78, 5) is 17.8. The Morgan fingerprint density at radius 2 is 2.26 bits per heavy atom. The molecule has 3 heterocycles. The molecule has 19 heavy (non-hydrogen) atoms. The molecule has 1 saturated heterocycles. The van der Waals surface area contributed by atoms with Gasteiger partial charge in [0, 0.05) is 30.8 Å². The van der Waals surface area contributed by atoms with Crippen molar-refractivity contribution in [1.82, 2.24) is 10.3 Å². The van der Waals surface area contributed by atoms with E-state index in [-0.39, 0.29) is 11.9 Å². The first-order valence-corrected chi connectivity index (χ1v) is 7.09. The van der Waals surface area contributed by atoms with E-state index in [1.807, 2.05) is 12.1 Å². The molecule has 0 radical (unpaired) electrons. The van der Waals surface area contributed by atoms with Crippen LogP contribution in [0, 0.1) is 0 Å². The van der Waals surface area contributed by atoms with Gasteiger partial charge in [-0.15, -0.1) is 11.3 Å². The molecule has 100 valence electrons. The van der Waals surface area contributed by atoms with Crippen LogP contribution in [-0.4, -0.2) is 30.1 Å². The lowest BCUT2D eigenvalue weighted by Crippen LogP contribution is -2.38. The van der Waals surface area contributed by atoms with Crippen LogP contribution in [0.1, 0.15) is 22.5 Å². The molecule has 0 bridgehead atoms. The molecule has 1 aliphatic heterocycles. The summed E-state index contributed by atoms with van der Waals surface area (Å²) in [5, 5.41) is 3.87. The van der Waals surface area contributed by atoms with Crippen LogP contribution < -0.4 is 11.1 Å². The number of nitrogen functional groups attached to an aromatic ring is 1. The molecule has 3 rings (SSSR count). The van der Waals surface area contributed by atoms with E-state index in [0.717, 1.165) is 23.1 Å². The van der Waals surface area contributed by atoms with Crippen LogP contribution in [0.5, 0.6) is 0 Å². The van der Waals surface area contributed by atoms with Crippen molar-refractivity contribution in [2.45, 2.75) is 18.9 Å². The SMILES string of the molecule is Nc1c(C(=O)NC2CCOCC2)sc2ncccc12. The van der Waals surface area contributed by atoms with Gasteiger partial charge in [-0.05, 0) is 25.0 Å². The lowest BCUT2D eigenvalue weighted by atomic mass is 10.1. The molecule has 1 fully saturated rings. The smallest absolute Gasteiger partial charge is 0.263 e. The second-order valence-electron chi connectivity index (χ2n) is 4.56. The molecule has 2 aromatic heterocycles. The van der Waals surface area contributed by atoms with Crippen LogP contribution in [0.2, 0.25) is 0 Å². The van der Waals surface area contributed by atoms with Crippen LogP contribution in [0.25, 0.3) is 10.2 Å². The number of aromatic nitrogens is 1. The van der Waals surface area contributed by atoms with Crippen molar-refractivity contribution in [3.05, 3.63) is 23.2 Å². The van der Waals surface area contributed by atoms with E-state index in [9.17, 15) is 4.79 Å². The first-order valence-electron chi connectivity index (χ1n) is 6.27. The molecular weight excluding hydrogens is 262 g/mol. The number of nitrogens with one attached hydrogen (secondary N) is 1. The first kappa shape index (κ1) is 12.4. The molecule has 6 heteroatoms. The summed E-state index contributed by atoms with van der Waals surface area (Å²) in [7, 11) is 0. The molecule has 0 unspecified atom stereocenters. The van der Waals surface area contributed by atoms with Crippen molar-refractivity contribution in [1.29, 1.82) is 0 Å². The highest BCUT2D eigenvalue weighted by Crippen LogP contribution is 2.31. The fourth-order valence-corrected chi connectivity index (χ4v) is 3.18. The van der Waals surface area contributed by atoms with Crippen molar-refractivity contribution >= 4 is 33.1 Å². The maximum atomic E-state index is 12.3. The van der Waals surface area contributed by atoms with Gasteiger partial charge in [-0.1, -0.05) is 0 Å². The number of rotatable bonds is 2. The van der Waals surface area contributed by atoms with Gasteiger partial charge in [-0.3, -0.25) is 4.79 Å². The number of anilines is 1. The Morgan fingerprint density at radius 3 is 3.00 bits per heavy atom. The van der Waals surface area contributed by atoms with Crippen molar-refractivity contribution in [3.8, 4) is 0 Å². The molecule has 0 aliphatic carbocycles. The highest BCUT2D eigenvalue weighted by Gasteiger charge is 2.21. The predicted octanol–water partition coefficient (Wildman–Crippen LogP) is 1.79. The number of ether oxygens (including phenoxy) is 1. The molecule has 0 aromatic carbocycles. The van der Waals surface area contributed by atoms with Gasteiger partial charge < -0.3 is 15.8 Å². The van der Waals surface area contributed by atoms with E-state index in [4.69, 9.17) is 10.5 Å². The average Bonchev–Trinajstić information content (AvgIpc) is 2.78. The van der Waals surface area contributed by atoms with E-state index >= 15 is 0 Å². The van der Waals surface area contributed by atoms with E-state index < -0.39 is 0 Å². The quantitative estimate of drug-likeness (QED) is 0.877. The number of amides is 1. The number of carbonyl (C=O) groups is 1. The Labute approximate surface area is 114 Å². The fourth-order valence-electron chi connectivity index (χ4n) is 2.21. The van der Waals surface area contributed by atoms with Gasteiger partial charge in [0.2, 0.25) is 0 Å². The summed E-state index contributed by atoms with van der Waals surface area (Å²) < 4.78 is 5.28. The zero-order valence-corrected chi connectivity index (χ0v) is 11.2. The molecule has 5 nitrogen and oxygen atoms in total. The Morgan fingerprint density at radius 1 is 1.47 bits per heavy atom. The van der Waals surface area contributed by atoms with Crippen LogP contribution in [0.3, 0.4) is 0 Å². The minimum absolute atomic E-state index is 0.104. The summed E-state index contributed by atoms with van der Waals surface area (Å²) in [5.41, 5.74) is 6.56. The molecule has 3 N–H and O–H groups in total. The van der Waals surface area contributed by atoms with E-state index in [1.165, 1.54) is 11.3 Å². The van der Waals surface area contributed by atoms with Gasteiger partial charge in [0.1, 0.15) is 9.71 Å². The number of fused-ring (bicyclic) bond motifs is 1. The predicted molar refractivity (Wildman–Crippen MR) is 75.3 cm³/mol. The van der Waals surface area contributed by atoms with Crippen LogP contribution in [0.15, 0.2) is 18.3 Å². The maximum absolute atomic E-state index is 12.3. The second-order valence-corrected chi connectivity index (χ2v) is 5.56. The van der Waals surface area contributed by atoms with Crippen molar-refractivity contribution in [2.75, 3.05) is 18.9 Å². The van der Waals surface area contributed by atoms with E-state index in [2.05, 4.69) is 10.3 Å². The summed E-state index contributed by atoms with van der Waals surface area (Å²) >= 11 is 1.34. The molecule has 1 amide bonds. The Balaban J connectivity index is 1.83. The number of pyridine rings is 1. The van der Waals surface area contributed by atoms with Gasteiger partial charge in [0.05, 0.1) is 5.69 Å². The van der Waals surface area contributed by atoms with E-state index in [1.54, 1.807) is 6.20 Å². The third kappa shape index (κ3) is 2.41. The Bertz CT molecular complexity index is 605. The van der Waals surface area contributed by atoms with Gasteiger partial charge in [-0.25, -0.2) is 4.98 Å². The van der Waals surface area contributed by atoms with Crippen LogP contribution >= 0.6 is 11.3 Å². The van der Waals surface area contributed by atoms with Crippen molar-refractivity contribution in [2.24, 2.45) is 0 Å². The third-order valence-corrected chi connectivity index (χ3v) is 4.40. The Hall–Kier alpha value is -1.66. The number of hydrogen-bond acceptors (Lipinski definition) is 5. The maximum Gasteiger partial charge on any atom is 0.263 e. The molecule has 1 aliphatic rings. The molecular formula is C13H15N3O2S. The summed E-state index contributed by atoms with van der Waals surface area (Å²) in [6.07, 6.45) is 3.42. The zero-order chi connectivity index (χ0) is 13.2. The normalized spacial score (nSPS) is 16.6. The number of nitrogens with two attached hydrogens (primary N) is 1. The van der Waals surface area contributed by atoms with Crippen LogP contribution in [-0.2, 0) is 4.74 Å². The lowest BCUT2D eigenvalue weighted by Gasteiger charge is -2.22. The molecule has 0 spiro atoms. The number of carbonyl (C=O) groups excluding carboxylic acids is 1. The monoisotopic (exact) mass is 277 g/mol. The van der Waals surface area contributed by atoms with Gasteiger partial charge in [0.25, 0.3) is 5.91 Å². The standard InChI is InChI=1S/C13H15N3O2S/c14-10-9-2-1-5-15-13(9)19-11(10)12(17)16-8-3-6-18-7-4-8/h1-2,5,8H,3-4,6-7,14H2,(H,16,17). The topological polar surface area (TPSA) is 77.2 Å². The summed E-state index contributed by atoms with van der Waals surface area (Å²) in [5.74, 6) is -0.104. The first-order chi connectivity index (χ1) is 9.25. The van der Waals surface area contributed by atoms with E-state index in [0.29, 0.717) is 23.8 Å². The van der Waals surface area contributed by atoms with Gasteiger partial charge in [-0.2, -0.15) is 0 Å². The number of thiophene rings is 1. The Kier molecular flexibility index (Phi) is 3.35. The number of hydrogen-bond donors (Lipinski definition) is 2. The molecule has 2 aromatic rings. The largest absolute Gasteiger partial charge is 0.397 e. The molecule has 0 saturated carbocycles. The zero-order valence-electron chi connectivity index (χ0n) is 10.4. The van der Waals surface area contributed by atoms with Crippen LogP contribution in [0.4, 0.5) is 5.69 Å². The minimum Gasteiger partial charge on any atom is -0.397 e. The van der Waals surface area contributed by atoms with Gasteiger partial charge in [0.15, 0.2) is 0 Å². The summed E-state index contributed by atoms with van der Waals surface area (Å²) in [6.45, 7) is 1.41. The average molecular weight is 277 g/mol. The minimum atomic E-state index is -0.104. The lowest BCUT2D eigenvalue weighted by molar-refractivity contribution is 0.0699. The second kappa shape index (κ2) is 5.14. The van der Waals surface area contributed by atoms with Crippen molar-refractivity contribution in [3.63, 3.8) is 0 Å².